The van der Waals surface area contributed by atoms with Gasteiger partial charge in [-0.1, -0.05) is 0 Å². The van der Waals surface area contributed by atoms with E-state index in [9.17, 15) is 0 Å². The van der Waals surface area contributed by atoms with Gasteiger partial charge in [-0.15, -0.1) is 0 Å². The van der Waals surface area contributed by atoms with Crippen LogP contribution in [-0.2, 0) is 13.1 Å². The maximum Gasteiger partial charge on any atom is 0.130 e. The van der Waals surface area contributed by atoms with Gasteiger partial charge in [0.05, 0.1) is 53.8 Å². The van der Waals surface area contributed by atoms with Gasteiger partial charge in [0.15, 0.2) is 0 Å². The summed E-state index contributed by atoms with van der Waals surface area (Å²) in [5, 5.41) is 10.3. The van der Waals surface area contributed by atoms with Crippen LogP contribution in [0.15, 0.2) is 24.3 Å². The Bertz CT molecular complexity index is 743. The molecule has 0 heterocycles. The molecule has 0 fully saturated rings. The third kappa shape index (κ3) is 7.59. The van der Waals surface area contributed by atoms with Crippen LogP contribution in [0.1, 0.15) is 11.1 Å². The molecule has 0 aliphatic heterocycles. The van der Waals surface area contributed by atoms with Crippen molar-refractivity contribution in [2.75, 3.05) is 68.8 Å². The van der Waals surface area contributed by atoms with Gasteiger partial charge >= 0.3 is 0 Å². The average Bonchev–Trinajstić information content (AvgIpc) is 2.86. The van der Waals surface area contributed by atoms with E-state index in [2.05, 4.69) is 16.0 Å². The first-order chi connectivity index (χ1) is 16.1. The Hall–Kier alpha value is -2.88. The summed E-state index contributed by atoms with van der Waals surface area (Å²) >= 11 is 0. The van der Waals surface area contributed by atoms with Gasteiger partial charge in [-0.2, -0.15) is 0 Å². The van der Waals surface area contributed by atoms with Gasteiger partial charge in [-0.3, -0.25) is 0 Å². The lowest BCUT2D eigenvalue weighted by atomic mass is 10.1. The minimum absolute atomic E-state index is 0.632. The van der Waals surface area contributed by atoms with Crippen molar-refractivity contribution in [3.05, 3.63) is 35.4 Å². The molecule has 0 bridgehead atoms. The molecule has 0 aliphatic rings. The van der Waals surface area contributed by atoms with Gasteiger partial charge < -0.3 is 44.4 Å². The first-order valence-corrected chi connectivity index (χ1v) is 10.8. The van der Waals surface area contributed by atoms with E-state index in [-0.39, 0.29) is 0 Å². The third-order valence-corrected chi connectivity index (χ3v) is 5.19. The van der Waals surface area contributed by atoms with Crippen molar-refractivity contribution in [3.63, 3.8) is 0 Å². The molecule has 2 aromatic rings. The fraction of sp³-hybridized carbons (Fsp3) is 0.500. The van der Waals surface area contributed by atoms with E-state index >= 15 is 0 Å². The predicted octanol–water partition coefficient (Wildman–Crippen LogP) is 2.21. The minimum atomic E-state index is 0.632. The van der Waals surface area contributed by atoms with Crippen molar-refractivity contribution >= 4 is 0 Å². The highest BCUT2D eigenvalue weighted by Gasteiger charge is 2.14. The quantitative estimate of drug-likeness (QED) is 0.324. The monoisotopic (exact) mass is 463 g/mol. The molecule has 9 nitrogen and oxygen atoms in total. The Morgan fingerprint density at radius 3 is 1.03 bits per heavy atom. The van der Waals surface area contributed by atoms with E-state index in [0.29, 0.717) is 24.6 Å². The molecule has 0 aromatic heterocycles. The summed E-state index contributed by atoms with van der Waals surface area (Å²) < 4.78 is 32.5. The van der Waals surface area contributed by atoms with Crippen molar-refractivity contribution in [2.24, 2.45) is 0 Å². The molecule has 33 heavy (non-hydrogen) atoms. The van der Waals surface area contributed by atoms with Crippen LogP contribution in [0.5, 0.6) is 34.5 Å². The molecular formula is C24H37N3O6. The first kappa shape index (κ1) is 26.4. The Balaban J connectivity index is 1.72. The second kappa shape index (κ2) is 14.3. The van der Waals surface area contributed by atoms with E-state index in [1.165, 1.54) is 0 Å². The Kier molecular flexibility index (Phi) is 11.4. The van der Waals surface area contributed by atoms with Crippen LogP contribution in [0, 0.1) is 0 Å². The number of rotatable bonds is 16. The lowest BCUT2D eigenvalue weighted by Gasteiger charge is -2.16. The fourth-order valence-electron chi connectivity index (χ4n) is 3.41. The molecule has 0 saturated heterocycles. The predicted molar refractivity (Wildman–Crippen MR) is 128 cm³/mol. The van der Waals surface area contributed by atoms with E-state index in [0.717, 1.165) is 60.3 Å². The molecule has 0 unspecified atom stereocenters. The molecule has 0 radical (unpaired) electrons. The third-order valence-electron chi connectivity index (χ3n) is 5.19. The van der Waals surface area contributed by atoms with E-state index in [4.69, 9.17) is 28.4 Å². The van der Waals surface area contributed by atoms with Crippen molar-refractivity contribution in [2.45, 2.75) is 13.1 Å². The lowest BCUT2D eigenvalue weighted by Crippen LogP contribution is -2.32. The molecule has 0 saturated carbocycles. The zero-order chi connectivity index (χ0) is 24.1. The molecule has 3 N–H and O–H groups in total. The Labute approximate surface area is 196 Å². The lowest BCUT2D eigenvalue weighted by molar-refractivity contribution is 0.366. The van der Waals surface area contributed by atoms with Crippen LogP contribution in [0.3, 0.4) is 0 Å². The topological polar surface area (TPSA) is 91.5 Å². The number of ether oxygens (including phenoxy) is 6. The van der Waals surface area contributed by atoms with Gasteiger partial charge in [-0.25, -0.2) is 0 Å². The maximum absolute atomic E-state index is 5.49. The maximum atomic E-state index is 5.49. The van der Waals surface area contributed by atoms with Crippen LogP contribution >= 0.6 is 0 Å². The van der Waals surface area contributed by atoms with E-state index < -0.39 is 0 Å². The summed E-state index contributed by atoms with van der Waals surface area (Å²) in [5.74, 6) is 4.35. The summed E-state index contributed by atoms with van der Waals surface area (Å²) in [4.78, 5) is 0. The number of benzene rings is 2. The second-order valence-corrected chi connectivity index (χ2v) is 7.12. The van der Waals surface area contributed by atoms with Gasteiger partial charge in [0.25, 0.3) is 0 Å². The normalized spacial score (nSPS) is 10.6. The summed E-state index contributed by atoms with van der Waals surface area (Å²) in [6.45, 7) is 4.53. The summed E-state index contributed by atoms with van der Waals surface area (Å²) in [5.41, 5.74) is 1.93. The van der Waals surface area contributed by atoms with Crippen LogP contribution in [0.25, 0.3) is 0 Å². The van der Waals surface area contributed by atoms with Gasteiger partial charge in [0.1, 0.15) is 34.5 Å². The summed E-state index contributed by atoms with van der Waals surface area (Å²) in [7, 11) is 9.81. The van der Waals surface area contributed by atoms with Crippen LogP contribution in [0.2, 0.25) is 0 Å². The number of nitrogens with one attached hydrogen (secondary N) is 3. The van der Waals surface area contributed by atoms with Crippen molar-refractivity contribution in [1.29, 1.82) is 0 Å². The van der Waals surface area contributed by atoms with Gasteiger partial charge in [0.2, 0.25) is 0 Å². The fourth-order valence-corrected chi connectivity index (χ4v) is 3.41. The van der Waals surface area contributed by atoms with E-state index in [1.807, 2.05) is 24.3 Å². The smallest absolute Gasteiger partial charge is 0.130 e. The first-order valence-electron chi connectivity index (χ1n) is 10.8. The highest BCUT2D eigenvalue weighted by molar-refractivity contribution is 5.51. The standard InChI is InChI=1S/C24H37N3O6/c1-28-17-11-21(30-3)19(22(12-17)31-4)15-26-9-7-25-8-10-27-16-20-23(32-5)13-18(29-2)14-24(20)33-6/h11-14,25-27H,7-10,15-16H2,1-6H3. The van der Waals surface area contributed by atoms with Crippen molar-refractivity contribution < 1.29 is 28.4 Å². The molecule has 0 atom stereocenters. The van der Waals surface area contributed by atoms with Crippen LogP contribution in [0.4, 0.5) is 0 Å². The average molecular weight is 464 g/mol. The summed E-state index contributed by atoms with van der Waals surface area (Å²) in [6.07, 6.45) is 0. The number of methoxy groups -OCH3 is 6. The molecule has 0 amide bonds. The Morgan fingerprint density at radius 1 is 0.455 bits per heavy atom. The largest absolute Gasteiger partial charge is 0.496 e. The highest BCUT2D eigenvalue weighted by atomic mass is 16.5. The molecule has 0 aliphatic carbocycles. The van der Waals surface area contributed by atoms with E-state index in [1.54, 1.807) is 42.7 Å². The van der Waals surface area contributed by atoms with Crippen molar-refractivity contribution in [1.82, 2.24) is 16.0 Å². The van der Waals surface area contributed by atoms with Crippen LogP contribution < -0.4 is 44.4 Å². The Morgan fingerprint density at radius 2 is 0.758 bits per heavy atom. The molecule has 2 aromatic carbocycles. The van der Waals surface area contributed by atoms with Gasteiger partial charge in [0, 0.05) is 63.5 Å². The minimum Gasteiger partial charge on any atom is -0.496 e. The zero-order valence-electron chi connectivity index (χ0n) is 20.5. The second-order valence-electron chi connectivity index (χ2n) is 7.12. The molecular weight excluding hydrogens is 426 g/mol. The molecule has 9 heteroatoms. The molecule has 0 spiro atoms. The number of hydrogen-bond donors (Lipinski definition) is 3. The molecule has 184 valence electrons. The van der Waals surface area contributed by atoms with Crippen molar-refractivity contribution in [3.8, 4) is 34.5 Å². The van der Waals surface area contributed by atoms with Crippen LogP contribution in [-0.4, -0.2) is 68.8 Å². The highest BCUT2D eigenvalue weighted by Crippen LogP contribution is 2.34. The SMILES string of the molecule is COc1cc(OC)c(CNCCNCCNCc2c(OC)cc(OC)cc2OC)c(OC)c1. The zero-order valence-corrected chi connectivity index (χ0v) is 20.5. The molecule has 2 rings (SSSR count). The van der Waals surface area contributed by atoms with Gasteiger partial charge in [-0.05, 0) is 0 Å². The summed E-state index contributed by atoms with van der Waals surface area (Å²) in [6, 6.07) is 7.43. The number of hydrogen-bond acceptors (Lipinski definition) is 9.